The van der Waals surface area contributed by atoms with Crippen LogP contribution >= 0.6 is 46.7 Å². The van der Waals surface area contributed by atoms with Gasteiger partial charge in [-0.2, -0.15) is 0 Å². The molecule has 162 valence electrons. The van der Waals surface area contributed by atoms with Crippen LogP contribution in [0, 0.1) is 26.7 Å². The summed E-state index contributed by atoms with van der Waals surface area (Å²) < 4.78 is 0. The second-order valence-corrected chi connectivity index (χ2v) is 9.75. The molecule has 0 aliphatic carbocycles. The van der Waals surface area contributed by atoms with E-state index in [9.17, 15) is 0 Å². The molecule has 0 saturated carbocycles. The number of guanidine groups is 1. The van der Waals surface area contributed by atoms with Crippen LogP contribution in [0.25, 0.3) is 0 Å². The largest absolute Gasteiger partial charge is 0.357 e. The molecule has 1 aliphatic heterocycles. The number of aromatic nitrogens is 2. The maximum absolute atomic E-state index is 4.72. The maximum atomic E-state index is 4.72. The summed E-state index contributed by atoms with van der Waals surface area (Å²) in [5.74, 6) is 1.59. The molecule has 2 aromatic rings. The number of rotatable bonds is 7. The van der Waals surface area contributed by atoms with Crippen LogP contribution in [0.5, 0.6) is 0 Å². The summed E-state index contributed by atoms with van der Waals surface area (Å²) in [7, 11) is 0. The summed E-state index contributed by atoms with van der Waals surface area (Å²) in [6.45, 7) is 14.1. The first-order valence-corrected chi connectivity index (χ1v) is 11.8. The zero-order valence-corrected chi connectivity index (χ0v) is 21.8. The third-order valence-electron chi connectivity index (χ3n) is 5.11. The zero-order valence-electron chi connectivity index (χ0n) is 17.8. The Kier molecular flexibility index (Phi) is 10.3. The van der Waals surface area contributed by atoms with E-state index in [0.717, 1.165) is 54.4 Å². The van der Waals surface area contributed by atoms with Gasteiger partial charge in [0.25, 0.3) is 0 Å². The van der Waals surface area contributed by atoms with Crippen molar-refractivity contribution in [3.8, 4) is 0 Å². The highest BCUT2D eigenvalue weighted by Gasteiger charge is 2.20. The van der Waals surface area contributed by atoms with Crippen LogP contribution in [-0.2, 0) is 13.1 Å². The third-order valence-corrected chi connectivity index (χ3v) is 6.99. The lowest BCUT2D eigenvalue weighted by Gasteiger charge is -2.31. The van der Waals surface area contributed by atoms with Crippen molar-refractivity contribution in [2.24, 2.45) is 10.9 Å². The molecule has 0 aromatic carbocycles. The number of aliphatic imine (C=N–C) groups is 1. The minimum Gasteiger partial charge on any atom is -0.357 e. The molecule has 0 atom stereocenters. The number of nitrogens with zero attached hydrogens (tertiary/aromatic N) is 4. The number of thiazole rings is 2. The monoisotopic (exact) mass is 548 g/mol. The highest BCUT2D eigenvalue weighted by atomic mass is 127. The summed E-state index contributed by atoms with van der Waals surface area (Å²) in [6, 6.07) is 0. The predicted molar refractivity (Wildman–Crippen MR) is 135 cm³/mol. The van der Waals surface area contributed by atoms with E-state index >= 15 is 0 Å². The first-order valence-electron chi connectivity index (χ1n) is 10.1. The lowest BCUT2D eigenvalue weighted by molar-refractivity contribution is 0.176. The van der Waals surface area contributed by atoms with Gasteiger partial charge in [-0.3, -0.25) is 4.90 Å². The van der Waals surface area contributed by atoms with E-state index in [-0.39, 0.29) is 24.0 Å². The van der Waals surface area contributed by atoms with Crippen molar-refractivity contribution in [1.29, 1.82) is 0 Å². The number of hydrogen-bond acceptors (Lipinski definition) is 6. The standard InChI is InChI=1S/C20H32N6S2.HI/c1-5-21-20(23-11-19-24-14(2)15(3)28-19)22-10-17-6-8-26(9-7-17)12-18-13-27-16(4)25-18;/h13,17H,5-12H2,1-4H3,(H2,21,22,23);1H. The van der Waals surface area contributed by atoms with Crippen molar-refractivity contribution < 1.29 is 0 Å². The summed E-state index contributed by atoms with van der Waals surface area (Å²) in [6.07, 6.45) is 2.45. The number of aryl methyl sites for hydroxylation is 3. The number of halogens is 1. The topological polar surface area (TPSA) is 65.4 Å². The molecule has 6 nitrogen and oxygen atoms in total. The Bertz CT molecular complexity index is 760. The van der Waals surface area contributed by atoms with Gasteiger partial charge in [0.1, 0.15) is 5.01 Å². The Labute approximate surface area is 199 Å². The maximum Gasteiger partial charge on any atom is 0.191 e. The Morgan fingerprint density at radius 2 is 1.97 bits per heavy atom. The molecule has 2 N–H and O–H groups in total. The number of piperidine rings is 1. The van der Waals surface area contributed by atoms with E-state index in [1.54, 1.807) is 22.7 Å². The molecule has 29 heavy (non-hydrogen) atoms. The van der Waals surface area contributed by atoms with Gasteiger partial charge in [-0.1, -0.05) is 0 Å². The summed E-state index contributed by atoms with van der Waals surface area (Å²) in [4.78, 5) is 17.7. The summed E-state index contributed by atoms with van der Waals surface area (Å²) >= 11 is 3.48. The Hall–Kier alpha value is -0.780. The molecule has 0 amide bonds. The van der Waals surface area contributed by atoms with Crippen LogP contribution < -0.4 is 10.6 Å². The molecule has 1 saturated heterocycles. The number of hydrogen-bond donors (Lipinski definition) is 2. The van der Waals surface area contributed by atoms with Gasteiger partial charge in [-0.05, 0) is 59.5 Å². The van der Waals surface area contributed by atoms with E-state index in [4.69, 9.17) is 4.99 Å². The van der Waals surface area contributed by atoms with Gasteiger partial charge in [-0.15, -0.1) is 46.7 Å². The van der Waals surface area contributed by atoms with E-state index in [0.29, 0.717) is 12.5 Å². The lowest BCUT2D eigenvalue weighted by Crippen LogP contribution is -2.42. The second kappa shape index (κ2) is 12.2. The van der Waals surface area contributed by atoms with Crippen LogP contribution in [0.15, 0.2) is 10.4 Å². The van der Waals surface area contributed by atoms with Crippen molar-refractivity contribution in [2.45, 2.75) is 53.6 Å². The zero-order chi connectivity index (χ0) is 19.9. The molecule has 0 unspecified atom stereocenters. The number of nitrogens with one attached hydrogen (secondary N) is 2. The van der Waals surface area contributed by atoms with E-state index in [1.807, 2.05) is 0 Å². The molecule has 3 heterocycles. The van der Waals surface area contributed by atoms with E-state index in [2.05, 4.69) is 58.6 Å². The third kappa shape index (κ3) is 7.76. The molecule has 3 rings (SSSR count). The van der Waals surface area contributed by atoms with Gasteiger partial charge >= 0.3 is 0 Å². The molecular weight excluding hydrogens is 515 g/mol. The molecule has 9 heteroatoms. The van der Waals surface area contributed by atoms with Gasteiger partial charge in [-0.25, -0.2) is 15.0 Å². The van der Waals surface area contributed by atoms with Crippen molar-refractivity contribution in [2.75, 3.05) is 26.2 Å². The Morgan fingerprint density at radius 3 is 2.55 bits per heavy atom. The SMILES string of the molecule is CCNC(=NCc1nc(C)c(C)s1)NCC1CCN(Cc2csc(C)n2)CC1.I. The van der Waals surface area contributed by atoms with Gasteiger partial charge in [0.05, 0.1) is 22.9 Å². The Balaban J connectivity index is 0.00000300. The van der Waals surface area contributed by atoms with Crippen LogP contribution in [0.4, 0.5) is 0 Å². The average molecular weight is 549 g/mol. The summed E-state index contributed by atoms with van der Waals surface area (Å²) in [5, 5.41) is 11.3. The second-order valence-electron chi connectivity index (χ2n) is 7.40. The van der Waals surface area contributed by atoms with Crippen LogP contribution in [-0.4, -0.2) is 47.0 Å². The van der Waals surface area contributed by atoms with Crippen molar-refractivity contribution in [1.82, 2.24) is 25.5 Å². The molecule has 1 aliphatic rings. The van der Waals surface area contributed by atoms with Crippen molar-refractivity contribution in [3.63, 3.8) is 0 Å². The highest BCUT2D eigenvalue weighted by molar-refractivity contribution is 14.0. The minimum absolute atomic E-state index is 0. The molecule has 1 fully saturated rings. The fraction of sp³-hybridized carbons (Fsp3) is 0.650. The fourth-order valence-electron chi connectivity index (χ4n) is 3.39. The van der Waals surface area contributed by atoms with Crippen LogP contribution in [0.3, 0.4) is 0 Å². The van der Waals surface area contributed by atoms with E-state index < -0.39 is 0 Å². The minimum atomic E-state index is 0. The van der Waals surface area contributed by atoms with Crippen molar-refractivity contribution in [3.05, 3.63) is 31.7 Å². The Morgan fingerprint density at radius 1 is 1.21 bits per heavy atom. The van der Waals surface area contributed by atoms with Gasteiger partial charge in [0, 0.05) is 29.9 Å². The van der Waals surface area contributed by atoms with Gasteiger partial charge in [0.15, 0.2) is 5.96 Å². The average Bonchev–Trinajstić information content (AvgIpc) is 3.23. The van der Waals surface area contributed by atoms with Crippen molar-refractivity contribution >= 4 is 52.6 Å². The first-order chi connectivity index (χ1) is 13.5. The molecule has 0 bridgehead atoms. The predicted octanol–water partition coefficient (Wildman–Crippen LogP) is 4.11. The van der Waals surface area contributed by atoms with Gasteiger partial charge in [0.2, 0.25) is 0 Å². The first kappa shape index (κ1) is 24.5. The van der Waals surface area contributed by atoms with Crippen LogP contribution in [0.2, 0.25) is 0 Å². The smallest absolute Gasteiger partial charge is 0.191 e. The molecule has 2 aromatic heterocycles. The molecule has 0 radical (unpaired) electrons. The van der Waals surface area contributed by atoms with E-state index in [1.165, 1.54) is 23.4 Å². The quantitative estimate of drug-likeness (QED) is 0.310. The normalized spacial score (nSPS) is 15.9. The van der Waals surface area contributed by atoms with Crippen LogP contribution in [0.1, 0.15) is 46.0 Å². The highest BCUT2D eigenvalue weighted by Crippen LogP contribution is 2.19. The lowest BCUT2D eigenvalue weighted by atomic mass is 9.97. The molecule has 0 spiro atoms. The number of likely N-dealkylation sites (tertiary alicyclic amines) is 1. The fourth-order valence-corrected chi connectivity index (χ4v) is 4.86. The van der Waals surface area contributed by atoms with Gasteiger partial charge < -0.3 is 10.6 Å². The molecular formula is C20H33IN6S2. The summed E-state index contributed by atoms with van der Waals surface area (Å²) in [5.41, 5.74) is 2.33.